The Morgan fingerprint density at radius 3 is 2.30 bits per heavy atom. The zero-order valence-electron chi connectivity index (χ0n) is 13.6. The van der Waals surface area contributed by atoms with Gasteiger partial charge in [-0.25, -0.2) is 0 Å². The number of ether oxygens (including phenoxy) is 1. The monoisotopic (exact) mass is 278 g/mol. The molecule has 0 aromatic heterocycles. The van der Waals surface area contributed by atoms with Crippen LogP contribution in [-0.2, 0) is 9.53 Å². The molecule has 0 heterocycles. The maximum atomic E-state index is 10.7. The molecule has 0 radical (unpaired) electrons. The Kier molecular flexibility index (Phi) is 11.9. The van der Waals surface area contributed by atoms with E-state index in [4.69, 9.17) is 4.74 Å². The third kappa shape index (κ3) is 11.8. The van der Waals surface area contributed by atoms with E-state index in [0.29, 0.717) is 6.61 Å². The van der Waals surface area contributed by atoms with Gasteiger partial charge in [-0.05, 0) is 50.2 Å². The summed E-state index contributed by atoms with van der Waals surface area (Å²) in [5.41, 5.74) is 6.27. The van der Waals surface area contributed by atoms with E-state index in [-0.39, 0.29) is 5.97 Å². The van der Waals surface area contributed by atoms with Gasteiger partial charge in [0.2, 0.25) is 0 Å². The zero-order chi connectivity index (χ0) is 15.2. The summed E-state index contributed by atoms with van der Waals surface area (Å²) in [5, 5.41) is 0. The number of hydrogen-bond acceptors (Lipinski definition) is 2. The lowest BCUT2D eigenvalue weighted by Crippen LogP contribution is -1.97. The van der Waals surface area contributed by atoms with Gasteiger partial charge in [0.15, 0.2) is 0 Å². The van der Waals surface area contributed by atoms with E-state index < -0.39 is 0 Å². The molecule has 0 fully saturated rings. The Bertz CT molecular complexity index is 358. The minimum Gasteiger partial charge on any atom is -0.462 e. The predicted octanol–water partition coefficient (Wildman–Crippen LogP) is 5.35. The van der Waals surface area contributed by atoms with E-state index in [1.165, 1.54) is 43.8 Å². The maximum Gasteiger partial charge on any atom is 0.302 e. The Labute approximate surface area is 124 Å². The van der Waals surface area contributed by atoms with Crippen LogP contribution in [0.5, 0.6) is 0 Å². The van der Waals surface area contributed by atoms with Gasteiger partial charge in [0.25, 0.3) is 0 Å². The van der Waals surface area contributed by atoms with E-state index in [0.717, 1.165) is 19.3 Å². The summed E-state index contributed by atoms with van der Waals surface area (Å²) in [6.45, 7) is 8.40. The van der Waals surface area contributed by atoms with Crippen LogP contribution in [0.4, 0.5) is 0 Å². The zero-order valence-corrected chi connectivity index (χ0v) is 13.6. The van der Waals surface area contributed by atoms with E-state index in [1.807, 2.05) is 6.08 Å². The smallest absolute Gasteiger partial charge is 0.302 e. The van der Waals surface area contributed by atoms with Gasteiger partial charge >= 0.3 is 5.97 Å². The molecular formula is C18H30O2. The molecule has 0 spiro atoms. The molecule has 2 nitrogen and oxygen atoms in total. The van der Waals surface area contributed by atoms with Crippen molar-refractivity contribution in [3.63, 3.8) is 0 Å². The van der Waals surface area contributed by atoms with Crippen LogP contribution >= 0.6 is 0 Å². The second kappa shape index (κ2) is 12.7. The van der Waals surface area contributed by atoms with Gasteiger partial charge in [-0.2, -0.15) is 0 Å². The fourth-order valence-corrected chi connectivity index (χ4v) is 1.87. The number of carbonyl (C=O) groups excluding carboxylic acids is 1. The quantitative estimate of drug-likeness (QED) is 0.306. The van der Waals surface area contributed by atoms with Gasteiger partial charge in [-0.3, -0.25) is 4.79 Å². The van der Waals surface area contributed by atoms with Crippen LogP contribution in [0, 0.1) is 0 Å². The minimum absolute atomic E-state index is 0.230. The van der Waals surface area contributed by atoms with Gasteiger partial charge in [0.1, 0.15) is 6.61 Å². The number of unbranched alkanes of at least 4 members (excludes halogenated alkanes) is 2. The third-order valence-electron chi connectivity index (χ3n) is 3.04. The van der Waals surface area contributed by atoms with Crippen LogP contribution in [0.1, 0.15) is 72.6 Å². The summed E-state index contributed by atoms with van der Waals surface area (Å²) < 4.78 is 4.88. The molecule has 20 heavy (non-hydrogen) atoms. The molecule has 0 rings (SSSR count). The Morgan fingerprint density at radius 1 is 1.05 bits per heavy atom. The molecule has 0 aliphatic heterocycles. The lowest BCUT2D eigenvalue weighted by molar-refractivity contribution is -0.139. The van der Waals surface area contributed by atoms with Crippen molar-refractivity contribution in [2.24, 2.45) is 0 Å². The number of rotatable bonds is 10. The van der Waals surface area contributed by atoms with Crippen molar-refractivity contribution in [1.82, 2.24) is 0 Å². The molecule has 114 valence electrons. The average molecular weight is 278 g/mol. The highest BCUT2D eigenvalue weighted by Gasteiger charge is 1.96. The van der Waals surface area contributed by atoms with Crippen LogP contribution in [-0.4, -0.2) is 12.6 Å². The van der Waals surface area contributed by atoms with Gasteiger partial charge in [0.05, 0.1) is 0 Å². The number of esters is 1. The van der Waals surface area contributed by atoms with Crippen molar-refractivity contribution in [3.8, 4) is 0 Å². The second-order valence-corrected chi connectivity index (χ2v) is 5.19. The van der Waals surface area contributed by atoms with E-state index in [1.54, 1.807) is 0 Å². The lowest BCUT2D eigenvalue weighted by Gasteiger charge is -2.02. The van der Waals surface area contributed by atoms with Crippen LogP contribution in [0.15, 0.2) is 29.0 Å². The first kappa shape index (κ1) is 18.7. The number of carbonyl (C=O) groups is 1. The van der Waals surface area contributed by atoms with Crippen LogP contribution < -0.4 is 0 Å². The first-order valence-corrected chi connectivity index (χ1v) is 7.82. The summed E-state index contributed by atoms with van der Waals surface area (Å²) in [5.74, 6) is -0.230. The largest absolute Gasteiger partial charge is 0.462 e. The van der Waals surface area contributed by atoms with Crippen LogP contribution in [0.2, 0.25) is 0 Å². The molecule has 0 bridgehead atoms. The molecule has 0 aliphatic rings. The Balaban J connectivity index is 4.47. The molecule has 0 aromatic carbocycles. The summed E-state index contributed by atoms with van der Waals surface area (Å²) in [6.07, 6.45) is 12.0. The predicted molar refractivity (Wildman–Crippen MR) is 85.7 cm³/mol. The van der Waals surface area contributed by atoms with Crippen molar-refractivity contribution in [3.05, 3.63) is 29.0 Å². The van der Waals surface area contributed by atoms with Crippen molar-refractivity contribution < 1.29 is 9.53 Å². The molecule has 0 saturated carbocycles. The van der Waals surface area contributed by atoms with Gasteiger partial charge in [0, 0.05) is 6.92 Å². The number of allylic oxidation sites excluding steroid dienone is 2. The topological polar surface area (TPSA) is 26.3 Å². The fraction of sp³-hybridized carbons (Fsp3) is 0.667. The molecule has 0 aliphatic carbocycles. The standard InChI is InChI=1S/C18H30O2/c1-5-7-11-16(3)15-18(12-8-6-2)13-9-10-14-20-17(4)19/h9-10H,5-8,11-14H2,1-4H3/b10-9+. The van der Waals surface area contributed by atoms with Crippen molar-refractivity contribution in [1.29, 1.82) is 0 Å². The summed E-state index contributed by atoms with van der Waals surface area (Å²) in [7, 11) is 0. The lowest BCUT2D eigenvalue weighted by atomic mass is 10.0. The van der Waals surface area contributed by atoms with Gasteiger partial charge < -0.3 is 4.74 Å². The highest BCUT2D eigenvalue weighted by atomic mass is 16.5. The molecule has 0 unspecified atom stereocenters. The molecular weight excluding hydrogens is 248 g/mol. The highest BCUT2D eigenvalue weighted by Crippen LogP contribution is 2.14. The normalized spacial score (nSPS) is 10.4. The first-order chi connectivity index (χ1) is 9.60. The maximum absolute atomic E-state index is 10.7. The van der Waals surface area contributed by atoms with Crippen LogP contribution in [0.3, 0.4) is 0 Å². The Hall–Kier alpha value is -1.27. The van der Waals surface area contributed by atoms with E-state index in [2.05, 4.69) is 32.6 Å². The molecule has 0 amide bonds. The molecule has 2 heteroatoms. The average Bonchev–Trinajstić information content (AvgIpc) is 2.41. The van der Waals surface area contributed by atoms with E-state index in [9.17, 15) is 4.79 Å². The molecule has 0 aromatic rings. The van der Waals surface area contributed by atoms with Crippen molar-refractivity contribution in [2.45, 2.75) is 72.6 Å². The first-order valence-electron chi connectivity index (χ1n) is 7.82. The van der Waals surface area contributed by atoms with Gasteiger partial charge in [-0.1, -0.05) is 38.8 Å². The third-order valence-corrected chi connectivity index (χ3v) is 3.04. The molecule has 0 saturated heterocycles. The summed E-state index contributed by atoms with van der Waals surface area (Å²) >= 11 is 0. The SMILES string of the molecule is CCCCC(C)=C=C(C/C=C/COC(C)=O)CCCC. The number of hydrogen-bond donors (Lipinski definition) is 0. The van der Waals surface area contributed by atoms with Crippen LogP contribution in [0.25, 0.3) is 0 Å². The summed E-state index contributed by atoms with van der Waals surface area (Å²) in [6, 6.07) is 0. The summed E-state index contributed by atoms with van der Waals surface area (Å²) in [4.78, 5) is 10.7. The fourth-order valence-electron chi connectivity index (χ4n) is 1.87. The van der Waals surface area contributed by atoms with E-state index >= 15 is 0 Å². The minimum atomic E-state index is -0.230. The second-order valence-electron chi connectivity index (χ2n) is 5.19. The van der Waals surface area contributed by atoms with Crippen molar-refractivity contribution >= 4 is 5.97 Å². The molecule has 0 N–H and O–H groups in total. The van der Waals surface area contributed by atoms with Crippen molar-refractivity contribution in [2.75, 3.05) is 6.61 Å². The highest BCUT2D eigenvalue weighted by molar-refractivity contribution is 5.65. The van der Waals surface area contributed by atoms with Gasteiger partial charge in [-0.15, -0.1) is 5.73 Å². The molecule has 0 atom stereocenters. The Morgan fingerprint density at radius 2 is 1.70 bits per heavy atom.